The molecule has 0 spiro atoms. The minimum atomic E-state index is -0.496. The van der Waals surface area contributed by atoms with E-state index in [2.05, 4.69) is 24.5 Å². The molecule has 0 bridgehead atoms. The summed E-state index contributed by atoms with van der Waals surface area (Å²) < 4.78 is 15.9. The first-order valence-electron chi connectivity index (χ1n) is 8.57. The molecule has 1 aromatic carbocycles. The van der Waals surface area contributed by atoms with Crippen molar-refractivity contribution >= 4 is 6.09 Å². The van der Waals surface area contributed by atoms with E-state index in [1.54, 1.807) is 14.2 Å². The van der Waals surface area contributed by atoms with E-state index in [0.29, 0.717) is 30.5 Å². The Morgan fingerprint density at radius 3 is 2.28 bits per heavy atom. The molecule has 0 heterocycles. The number of alkyl carbamates (subject to hydrolysis) is 1. The molecule has 1 rings (SSSR count). The van der Waals surface area contributed by atoms with E-state index in [9.17, 15) is 4.79 Å². The maximum atomic E-state index is 11.8. The van der Waals surface area contributed by atoms with Gasteiger partial charge in [-0.25, -0.2) is 4.79 Å². The third-order valence-corrected chi connectivity index (χ3v) is 3.69. The number of hydrogen-bond acceptors (Lipinski definition) is 5. The molecule has 25 heavy (non-hydrogen) atoms. The predicted molar refractivity (Wildman–Crippen MR) is 99.2 cm³/mol. The molecule has 0 aliphatic rings. The monoisotopic (exact) mass is 352 g/mol. The first-order chi connectivity index (χ1) is 11.7. The van der Waals surface area contributed by atoms with Crippen LogP contribution in [0.4, 0.5) is 4.79 Å². The molecule has 0 saturated carbocycles. The second-order valence-electron chi connectivity index (χ2n) is 7.30. The molecule has 0 saturated heterocycles. The van der Waals surface area contributed by atoms with Crippen molar-refractivity contribution in [2.45, 2.75) is 52.8 Å². The Labute approximate surface area is 151 Å². The third kappa shape index (κ3) is 7.65. The molecule has 1 unspecified atom stereocenters. The zero-order chi connectivity index (χ0) is 19.0. The van der Waals surface area contributed by atoms with Crippen molar-refractivity contribution in [2.75, 3.05) is 20.8 Å². The zero-order valence-corrected chi connectivity index (χ0v) is 16.4. The summed E-state index contributed by atoms with van der Waals surface area (Å²) in [6.45, 7) is 10.9. The summed E-state index contributed by atoms with van der Waals surface area (Å²) in [5, 5.41) is 6.31. The second-order valence-corrected chi connectivity index (χ2v) is 7.30. The van der Waals surface area contributed by atoms with Gasteiger partial charge in [-0.2, -0.15) is 0 Å². The van der Waals surface area contributed by atoms with E-state index in [0.717, 1.165) is 5.56 Å². The number of ether oxygens (including phenoxy) is 3. The lowest BCUT2D eigenvalue weighted by molar-refractivity contribution is 0.0519. The van der Waals surface area contributed by atoms with Crippen molar-refractivity contribution in [3.63, 3.8) is 0 Å². The van der Waals surface area contributed by atoms with Crippen LogP contribution in [0.5, 0.6) is 11.5 Å². The van der Waals surface area contributed by atoms with Gasteiger partial charge in [-0.15, -0.1) is 0 Å². The van der Waals surface area contributed by atoms with Gasteiger partial charge in [0.2, 0.25) is 0 Å². The quantitative estimate of drug-likeness (QED) is 0.751. The SMILES string of the molecule is COc1ccc(CNC(CNC(=O)OC(C)(C)C)C(C)C)cc1OC. The van der Waals surface area contributed by atoms with Crippen molar-refractivity contribution in [3.05, 3.63) is 23.8 Å². The van der Waals surface area contributed by atoms with Crippen molar-refractivity contribution in [1.29, 1.82) is 0 Å². The first kappa shape index (κ1) is 21.1. The van der Waals surface area contributed by atoms with Gasteiger partial charge in [-0.05, 0) is 44.4 Å². The maximum Gasteiger partial charge on any atom is 0.407 e. The van der Waals surface area contributed by atoms with Gasteiger partial charge in [0.15, 0.2) is 11.5 Å². The third-order valence-electron chi connectivity index (χ3n) is 3.69. The van der Waals surface area contributed by atoms with Gasteiger partial charge < -0.3 is 24.8 Å². The van der Waals surface area contributed by atoms with Crippen LogP contribution in [-0.2, 0) is 11.3 Å². The summed E-state index contributed by atoms with van der Waals surface area (Å²) >= 11 is 0. The molecule has 0 radical (unpaired) electrons. The zero-order valence-electron chi connectivity index (χ0n) is 16.4. The predicted octanol–water partition coefficient (Wildman–Crippen LogP) is 3.34. The van der Waals surface area contributed by atoms with E-state index in [1.165, 1.54) is 0 Å². The minimum absolute atomic E-state index is 0.126. The van der Waals surface area contributed by atoms with Crippen LogP contribution in [0, 0.1) is 5.92 Å². The summed E-state index contributed by atoms with van der Waals surface area (Å²) in [6.07, 6.45) is -0.397. The molecule has 1 aromatic rings. The number of carbonyl (C=O) groups is 1. The second kappa shape index (κ2) is 9.51. The lowest BCUT2D eigenvalue weighted by atomic mass is 10.0. The highest BCUT2D eigenvalue weighted by atomic mass is 16.6. The normalized spacial score (nSPS) is 12.6. The molecule has 6 heteroatoms. The van der Waals surface area contributed by atoms with E-state index in [1.807, 2.05) is 39.0 Å². The van der Waals surface area contributed by atoms with Crippen molar-refractivity contribution < 1.29 is 19.0 Å². The highest BCUT2D eigenvalue weighted by molar-refractivity contribution is 5.67. The molecular weight excluding hydrogens is 320 g/mol. The average molecular weight is 352 g/mol. The fourth-order valence-corrected chi connectivity index (χ4v) is 2.29. The van der Waals surface area contributed by atoms with Crippen molar-refractivity contribution in [1.82, 2.24) is 10.6 Å². The fraction of sp³-hybridized carbons (Fsp3) is 0.632. The number of rotatable bonds is 8. The minimum Gasteiger partial charge on any atom is -0.493 e. The number of methoxy groups -OCH3 is 2. The van der Waals surface area contributed by atoms with E-state index >= 15 is 0 Å². The molecular formula is C19H32N2O4. The Kier molecular flexibility index (Phi) is 8.03. The number of benzene rings is 1. The highest BCUT2D eigenvalue weighted by Crippen LogP contribution is 2.27. The molecule has 0 aliphatic carbocycles. The van der Waals surface area contributed by atoms with Crippen LogP contribution in [0.3, 0.4) is 0 Å². The number of amides is 1. The summed E-state index contributed by atoms with van der Waals surface area (Å²) in [5.41, 5.74) is 0.588. The van der Waals surface area contributed by atoms with Crippen LogP contribution in [0.15, 0.2) is 18.2 Å². The van der Waals surface area contributed by atoms with Crippen LogP contribution < -0.4 is 20.1 Å². The standard InChI is InChI=1S/C19H32N2O4/c1-13(2)15(12-21-18(22)25-19(3,4)5)20-11-14-8-9-16(23-6)17(10-14)24-7/h8-10,13,15,20H,11-12H2,1-7H3,(H,21,22). The van der Waals surface area contributed by atoms with Crippen molar-refractivity contribution in [2.24, 2.45) is 5.92 Å². The number of hydrogen-bond donors (Lipinski definition) is 2. The Hall–Kier alpha value is -1.95. The van der Waals surface area contributed by atoms with Gasteiger partial charge in [0.25, 0.3) is 0 Å². The van der Waals surface area contributed by atoms with Crippen LogP contribution in [0.25, 0.3) is 0 Å². The van der Waals surface area contributed by atoms with Crippen LogP contribution in [0.2, 0.25) is 0 Å². The van der Waals surface area contributed by atoms with Crippen LogP contribution >= 0.6 is 0 Å². The Balaban J connectivity index is 2.60. The average Bonchev–Trinajstić information content (AvgIpc) is 2.52. The molecule has 0 fully saturated rings. The topological polar surface area (TPSA) is 68.8 Å². The maximum absolute atomic E-state index is 11.8. The first-order valence-corrected chi connectivity index (χ1v) is 8.57. The molecule has 142 valence electrons. The fourth-order valence-electron chi connectivity index (χ4n) is 2.29. The van der Waals surface area contributed by atoms with Gasteiger partial charge >= 0.3 is 6.09 Å². The van der Waals surface area contributed by atoms with E-state index in [-0.39, 0.29) is 6.04 Å². The van der Waals surface area contributed by atoms with E-state index in [4.69, 9.17) is 14.2 Å². The molecule has 0 aliphatic heterocycles. The molecule has 6 nitrogen and oxygen atoms in total. The molecule has 1 atom stereocenters. The number of carbonyl (C=O) groups excluding carboxylic acids is 1. The highest BCUT2D eigenvalue weighted by Gasteiger charge is 2.19. The molecule has 1 amide bonds. The smallest absolute Gasteiger partial charge is 0.407 e. The number of nitrogens with one attached hydrogen (secondary N) is 2. The van der Waals surface area contributed by atoms with Crippen LogP contribution in [-0.4, -0.2) is 38.5 Å². The van der Waals surface area contributed by atoms with Gasteiger partial charge in [0.1, 0.15) is 5.60 Å². The molecule has 2 N–H and O–H groups in total. The lowest BCUT2D eigenvalue weighted by Gasteiger charge is -2.25. The Morgan fingerprint density at radius 1 is 1.12 bits per heavy atom. The summed E-state index contributed by atoms with van der Waals surface area (Å²) in [5.74, 6) is 1.77. The summed E-state index contributed by atoms with van der Waals surface area (Å²) in [6, 6.07) is 5.96. The molecule has 0 aromatic heterocycles. The Morgan fingerprint density at radius 2 is 1.76 bits per heavy atom. The van der Waals surface area contributed by atoms with Crippen LogP contribution in [0.1, 0.15) is 40.2 Å². The summed E-state index contributed by atoms with van der Waals surface area (Å²) in [7, 11) is 3.24. The Bertz CT molecular complexity index is 553. The van der Waals surface area contributed by atoms with Crippen molar-refractivity contribution in [3.8, 4) is 11.5 Å². The van der Waals surface area contributed by atoms with Gasteiger partial charge in [-0.1, -0.05) is 19.9 Å². The van der Waals surface area contributed by atoms with E-state index < -0.39 is 11.7 Å². The van der Waals surface area contributed by atoms with Gasteiger partial charge in [0.05, 0.1) is 14.2 Å². The largest absolute Gasteiger partial charge is 0.493 e. The lowest BCUT2D eigenvalue weighted by Crippen LogP contribution is -2.45. The summed E-state index contributed by atoms with van der Waals surface area (Å²) in [4.78, 5) is 11.8. The van der Waals surface area contributed by atoms with Gasteiger partial charge in [0, 0.05) is 19.1 Å². The van der Waals surface area contributed by atoms with Gasteiger partial charge in [-0.3, -0.25) is 0 Å².